The van der Waals surface area contributed by atoms with E-state index in [1.54, 1.807) is 0 Å². The molecule has 18 heavy (non-hydrogen) atoms. The Hall–Kier alpha value is -1.52. The molecule has 2 nitrogen and oxygen atoms in total. The van der Waals surface area contributed by atoms with Gasteiger partial charge in [-0.05, 0) is 41.8 Å². The van der Waals surface area contributed by atoms with Gasteiger partial charge in [0.1, 0.15) is 11.6 Å². The summed E-state index contributed by atoms with van der Waals surface area (Å²) >= 11 is 5.95. The van der Waals surface area contributed by atoms with Crippen LogP contribution in [0.15, 0.2) is 36.7 Å². The summed E-state index contributed by atoms with van der Waals surface area (Å²) in [4.78, 5) is 3.72. The molecular formula is C13H11ClF2N2. The summed E-state index contributed by atoms with van der Waals surface area (Å²) in [5.74, 6) is -0.827. The van der Waals surface area contributed by atoms with Gasteiger partial charge in [0.05, 0.1) is 6.20 Å². The predicted molar refractivity (Wildman–Crippen MR) is 66.2 cm³/mol. The minimum atomic E-state index is -0.479. The molecule has 94 valence electrons. The van der Waals surface area contributed by atoms with Crippen molar-refractivity contribution in [3.63, 3.8) is 0 Å². The fourth-order valence-corrected chi connectivity index (χ4v) is 1.88. The first-order valence-corrected chi connectivity index (χ1v) is 5.74. The van der Waals surface area contributed by atoms with Gasteiger partial charge in [-0.2, -0.15) is 0 Å². The van der Waals surface area contributed by atoms with Gasteiger partial charge in [-0.25, -0.2) is 8.78 Å². The molecule has 1 heterocycles. The number of hydrogen-bond donors (Lipinski definition) is 1. The Kier molecular flexibility index (Phi) is 3.89. The summed E-state index contributed by atoms with van der Waals surface area (Å²) in [6.45, 7) is 0. The summed E-state index contributed by atoms with van der Waals surface area (Å²) in [5, 5.41) is 0.441. The standard InChI is InChI=1S/C13H11ClF2N2/c14-12-2-1-10(15)3-8(12)5-13(17)9-4-11(16)7-18-6-9/h1-4,6-7,13H,5,17H2. The lowest BCUT2D eigenvalue weighted by Gasteiger charge is -2.13. The van der Waals surface area contributed by atoms with Crippen LogP contribution in [-0.4, -0.2) is 4.98 Å². The summed E-state index contributed by atoms with van der Waals surface area (Å²) in [5.41, 5.74) is 7.07. The van der Waals surface area contributed by atoms with Gasteiger partial charge < -0.3 is 5.73 Å². The maximum Gasteiger partial charge on any atom is 0.141 e. The molecule has 2 N–H and O–H groups in total. The molecule has 1 aromatic carbocycles. The predicted octanol–water partition coefficient (Wildman–Crippen LogP) is 3.26. The average Bonchev–Trinajstić information content (AvgIpc) is 2.34. The van der Waals surface area contributed by atoms with Crippen molar-refractivity contribution in [2.45, 2.75) is 12.5 Å². The number of benzene rings is 1. The van der Waals surface area contributed by atoms with E-state index in [4.69, 9.17) is 17.3 Å². The van der Waals surface area contributed by atoms with Crippen LogP contribution in [0, 0.1) is 11.6 Å². The lowest BCUT2D eigenvalue weighted by atomic mass is 10.0. The molecule has 0 radical (unpaired) electrons. The zero-order valence-corrected chi connectivity index (χ0v) is 10.2. The number of pyridine rings is 1. The zero-order valence-electron chi connectivity index (χ0n) is 9.41. The third kappa shape index (κ3) is 3.03. The van der Waals surface area contributed by atoms with Crippen molar-refractivity contribution in [1.29, 1.82) is 0 Å². The lowest BCUT2D eigenvalue weighted by molar-refractivity contribution is 0.607. The van der Waals surface area contributed by atoms with Gasteiger partial charge in [0.2, 0.25) is 0 Å². The van der Waals surface area contributed by atoms with Gasteiger partial charge in [0.15, 0.2) is 0 Å². The minimum Gasteiger partial charge on any atom is -0.324 e. The van der Waals surface area contributed by atoms with Crippen LogP contribution in [0.1, 0.15) is 17.2 Å². The minimum absolute atomic E-state index is 0.321. The Morgan fingerprint density at radius 3 is 2.67 bits per heavy atom. The van der Waals surface area contributed by atoms with Gasteiger partial charge in [0, 0.05) is 17.3 Å². The van der Waals surface area contributed by atoms with Crippen molar-refractivity contribution in [2.24, 2.45) is 5.73 Å². The van der Waals surface area contributed by atoms with Crippen molar-refractivity contribution in [3.8, 4) is 0 Å². The molecule has 0 saturated heterocycles. The molecule has 0 saturated carbocycles. The number of nitrogens with zero attached hydrogens (tertiary/aromatic N) is 1. The largest absolute Gasteiger partial charge is 0.324 e. The molecule has 0 aliphatic carbocycles. The smallest absolute Gasteiger partial charge is 0.141 e. The molecule has 1 atom stereocenters. The molecule has 0 amide bonds. The van der Waals surface area contributed by atoms with E-state index in [9.17, 15) is 8.78 Å². The molecule has 0 bridgehead atoms. The Bertz CT molecular complexity index is 560. The van der Waals surface area contributed by atoms with Crippen molar-refractivity contribution in [2.75, 3.05) is 0 Å². The van der Waals surface area contributed by atoms with Gasteiger partial charge in [-0.3, -0.25) is 4.98 Å². The molecule has 2 rings (SSSR count). The second-order valence-corrected chi connectivity index (χ2v) is 4.39. The average molecular weight is 269 g/mol. The SMILES string of the molecule is NC(Cc1cc(F)ccc1Cl)c1cncc(F)c1. The molecular weight excluding hydrogens is 258 g/mol. The second kappa shape index (κ2) is 5.42. The first kappa shape index (κ1) is 12.9. The zero-order chi connectivity index (χ0) is 13.1. The fraction of sp³-hybridized carbons (Fsp3) is 0.154. The quantitative estimate of drug-likeness (QED) is 0.928. The van der Waals surface area contributed by atoms with E-state index in [1.807, 2.05) is 0 Å². The highest BCUT2D eigenvalue weighted by Gasteiger charge is 2.11. The lowest BCUT2D eigenvalue weighted by Crippen LogP contribution is -2.14. The molecule has 0 aliphatic rings. The van der Waals surface area contributed by atoms with Crippen LogP contribution in [0.2, 0.25) is 5.02 Å². The Labute approximate surface area is 108 Å². The third-order valence-corrected chi connectivity index (χ3v) is 2.97. The van der Waals surface area contributed by atoms with Gasteiger partial charge >= 0.3 is 0 Å². The Morgan fingerprint density at radius 1 is 1.17 bits per heavy atom. The van der Waals surface area contributed by atoms with Gasteiger partial charge in [-0.1, -0.05) is 11.6 Å². The van der Waals surface area contributed by atoms with E-state index in [2.05, 4.69) is 4.98 Å². The Balaban J connectivity index is 2.21. The van der Waals surface area contributed by atoms with Crippen LogP contribution < -0.4 is 5.73 Å². The van der Waals surface area contributed by atoms with Crippen molar-refractivity contribution in [3.05, 3.63) is 64.4 Å². The first-order chi connectivity index (χ1) is 8.56. The van der Waals surface area contributed by atoms with Crippen LogP contribution in [-0.2, 0) is 6.42 Å². The van der Waals surface area contributed by atoms with Crippen LogP contribution >= 0.6 is 11.6 Å². The van der Waals surface area contributed by atoms with Crippen LogP contribution in [0.4, 0.5) is 8.78 Å². The van der Waals surface area contributed by atoms with Crippen molar-refractivity contribution < 1.29 is 8.78 Å². The van der Waals surface area contributed by atoms with Crippen molar-refractivity contribution >= 4 is 11.6 Å². The molecule has 1 aromatic heterocycles. The monoisotopic (exact) mass is 268 g/mol. The van der Waals surface area contributed by atoms with Gasteiger partial charge in [0.25, 0.3) is 0 Å². The number of aromatic nitrogens is 1. The molecule has 2 aromatic rings. The number of rotatable bonds is 3. The van der Waals surface area contributed by atoms with Crippen LogP contribution in [0.3, 0.4) is 0 Å². The second-order valence-electron chi connectivity index (χ2n) is 3.98. The van der Waals surface area contributed by atoms with E-state index in [0.29, 0.717) is 22.6 Å². The summed E-state index contributed by atoms with van der Waals surface area (Å²) in [6.07, 6.45) is 2.91. The van der Waals surface area contributed by atoms with Crippen LogP contribution in [0.5, 0.6) is 0 Å². The van der Waals surface area contributed by atoms with E-state index in [0.717, 1.165) is 6.20 Å². The number of halogens is 3. The van der Waals surface area contributed by atoms with Gasteiger partial charge in [-0.15, -0.1) is 0 Å². The molecule has 1 unspecified atom stereocenters. The maximum atomic E-state index is 13.1. The highest BCUT2D eigenvalue weighted by atomic mass is 35.5. The molecule has 0 spiro atoms. The maximum absolute atomic E-state index is 13.1. The van der Waals surface area contributed by atoms with E-state index >= 15 is 0 Å². The van der Waals surface area contributed by atoms with E-state index in [-0.39, 0.29) is 5.82 Å². The fourth-order valence-electron chi connectivity index (χ4n) is 1.69. The summed E-state index contributed by atoms with van der Waals surface area (Å²) in [7, 11) is 0. The first-order valence-electron chi connectivity index (χ1n) is 5.36. The van der Waals surface area contributed by atoms with E-state index < -0.39 is 11.9 Å². The van der Waals surface area contributed by atoms with Crippen LogP contribution in [0.25, 0.3) is 0 Å². The number of nitrogens with two attached hydrogens (primary N) is 1. The highest BCUT2D eigenvalue weighted by Crippen LogP contribution is 2.23. The molecule has 0 fully saturated rings. The Morgan fingerprint density at radius 2 is 1.94 bits per heavy atom. The van der Waals surface area contributed by atoms with E-state index in [1.165, 1.54) is 30.5 Å². The van der Waals surface area contributed by atoms with Crippen molar-refractivity contribution in [1.82, 2.24) is 4.98 Å². The highest BCUT2D eigenvalue weighted by molar-refractivity contribution is 6.31. The molecule has 0 aliphatic heterocycles. The summed E-state index contributed by atoms with van der Waals surface area (Å²) < 4.78 is 26.1. The normalized spacial score (nSPS) is 12.4. The summed E-state index contributed by atoms with van der Waals surface area (Å²) in [6, 6.07) is 4.91. The number of hydrogen-bond acceptors (Lipinski definition) is 2. The molecule has 5 heteroatoms. The topological polar surface area (TPSA) is 38.9 Å². The third-order valence-electron chi connectivity index (χ3n) is 2.60.